The molecule has 134 valence electrons. The molecule has 25 heavy (non-hydrogen) atoms. The van der Waals surface area contributed by atoms with Crippen molar-refractivity contribution in [2.24, 2.45) is 0 Å². The third-order valence-corrected chi connectivity index (χ3v) is 4.92. The number of fused-ring (bicyclic) bond motifs is 1. The number of likely N-dealkylation sites (N-methyl/N-ethyl adjacent to an activating group) is 1. The maximum Gasteiger partial charge on any atom is 0.121 e. The number of ether oxygens (including phenoxy) is 1. The van der Waals surface area contributed by atoms with Crippen LogP contribution in [0.5, 0.6) is 5.75 Å². The predicted molar refractivity (Wildman–Crippen MR) is 106 cm³/mol. The Labute approximate surface area is 155 Å². The molecule has 2 aromatic rings. The third-order valence-electron chi connectivity index (χ3n) is 4.67. The summed E-state index contributed by atoms with van der Waals surface area (Å²) in [5.74, 6) is 1.28. The van der Waals surface area contributed by atoms with Crippen LogP contribution in [0.25, 0.3) is 0 Å². The third kappa shape index (κ3) is 4.47. The van der Waals surface area contributed by atoms with Gasteiger partial charge in [-0.05, 0) is 63.7 Å². The summed E-state index contributed by atoms with van der Waals surface area (Å²) >= 11 is 6.07. The van der Waals surface area contributed by atoms with Crippen LogP contribution in [0.15, 0.2) is 42.5 Å². The number of rotatable bonds is 5. The molecule has 0 aromatic heterocycles. The Bertz CT molecular complexity index is 725. The van der Waals surface area contributed by atoms with E-state index in [0.29, 0.717) is 12.5 Å². The van der Waals surface area contributed by atoms with Gasteiger partial charge in [0.1, 0.15) is 12.4 Å². The quantitative estimate of drug-likeness (QED) is 0.813. The molecular weight excluding hydrogens is 332 g/mol. The molecule has 3 nitrogen and oxygen atoms in total. The molecular formula is C21H27ClN2O. The summed E-state index contributed by atoms with van der Waals surface area (Å²) in [6.45, 7) is 6.09. The van der Waals surface area contributed by atoms with Crippen LogP contribution in [-0.4, -0.2) is 37.7 Å². The van der Waals surface area contributed by atoms with E-state index < -0.39 is 0 Å². The monoisotopic (exact) mass is 358 g/mol. The first-order chi connectivity index (χ1) is 11.8. The second-order valence-corrected chi connectivity index (χ2v) is 8.15. The van der Waals surface area contributed by atoms with Crippen molar-refractivity contribution in [2.45, 2.75) is 31.7 Å². The van der Waals surface area contributed by atoms with E-state index in [1.165, 1.54) is 16.8 Å². The second-order valence-electron chi connectivity index (χ2n) is 7.72. The zero-order valence-corrected chi connectivity index (χ0v) is 16.2. The highest BCUT2D eigenvalue weighted by molar-refractivity contribution is 6.30. The van der Waals surface area contributed by atoms with Crippen molar-refractivity contribution in [2.75, 3.05) is 32.6 Å². The Hall–Kier alpha value is -1.71. The fourth-order valence-corrected chi connectivity index (χ4v) is 3.54. The molecule has 0 spiro atoms. The van der Waals surface area contributed by atoms with Crippen molar-refractivity contribution in [3.8, 4) is 5.75 Å². The molecule has 1 N–H and O–H groups in total. The normalized spacial score (nSPS) is 18.6. The molecule has 2 aromatic carbocycles. The highest BCUT2D eigenvalue weighted by Gasteiger charge is 2.32. The van der Waals surface area contributed by atoms with Gasteiger partial charge in [-0.15, -0.1) is 0 Å². The summed E-state index contributed by atoms with van der Waals surface area (Å²) in [5.41, 5.74) is 3.82. The first kappa shape index (κ1) is 18.1. The maximum atomic E-state index is 6.07. The number of hydrogen-bond acceptors (Lipinski definition) is 3. The second kappa shape index (κ2) is 7.27. The SMILES string of the molecule is CN(C)CCOc1ccc2c(c1)NC(C)(C)CC2c1ccc(Cl)cc1. The molecule has 0 fully saturated rings. The molecule has 1 unspecified atom stereocenters. The van der Waals surface area contributed by atoms with Crippen LogP contribution in [0.1, 0.15) is 37.3 Å². The summed E-state index contributed by atoms with van der Waals surface area (Å²) in [5, 5.41) is 4.45. The fourth-order valence-electron chi connectivity index (χ4n) is 3.41. The summed E-state index contributed by atoms with van der Waals surface area (Å²) in [6, 6.07) is 14.6. The number of nitrogens with zero attached hydrogens (tertiary/aromatic N) is 1. The Morgan fingerprint density at radius 3 is 2.56 bits per heavy atom. The summed E-state index contributed by atoms with van der Waals surface area (Å²) in [6.07, 6.45) is 1.04. The van der Waals surface area contributed by atoms with Gasteiger partial charge in [0.25, 0.3) is 0 Å². The van der Waals surface area contributed by atoms with Crippen molar-refractivity contribution in [1.29, 1.82) is 0 Å². The van der Waals surface area contributed by atoms with Gasteiger partial charge < -0.3 is 15.0 Å². The highest BCUT2D eigenvalue weighted by atomic mass is 35.5. The Kier molecular flexibility index (Phi) is 5.26. The van der Waals surface area contributed by atoms with Crippen molar-refractivity contribution in [1.82, 2.24) is 4.90 Å². The van der Waals surface area contributed by atoms with E-state index in [1.807, 2.05) is 12.1 Å². The Balaban J connectivity index is 1.88. The zero-order valence-electron chi connectivity index (χ0n) is 15.5. The zero-order chi connectivity index (χ0) is 18.0. The van der Waals surface area contributed by atoms with Gasteiger partial charge in [-0.2, -0.15) is 0 Å². The molecule has 1 atom stereocenters. The van der Waals surface area contributed by atoms with Crippen LogP contribution in [0, 0.1) is 0 Å². The van der Waals surface area contributed by atoms with Gasteiger partial charge in [-0.25, -0.2) is 0 Å². The topological polar surface area (TPSA) is 24.5 Å². The van der Waals surface area contributed by atoms with Gasteiger partial charge in [0.2, 0.25) is 0 Å². The van der Waals surface area contributed by atoms with E-state index in [9.17, 15) is 0 Å². The molecule has 4 heteroatoms. The van der Waals surface area contributed by atoms with Crippen LogP contribution in [0.2, 0.25) is 5.02 Å². The summed E-state index contributed by atoms with van der Waals surface area (Å²) in [4.78, 5) is 2.12. The molecule has 0 saturated heterocycles. The maximum absolute atomic E-state index is 6.07. The van der Waals surface area contributed by atoms with Gasteiger partial charge in [-0.3, -0.25) is 0 Å². The molecule has 0 amide bonds. The number of halogens is 1. The van der Waals surface area contributed by atoms with Gasteiger partial charge >= 0.3 is 0 Å². The lowest BCUT2D eigenvalue weighted by Gasteiger charge is -2.39. The van der Waals surface area contributed by atoms with Gasteiger partial charge in [0, 0.05) is 34.8 Å². The van der Waals surface area contributed by atoms with Gasteiger partial charge in [-0.1, -0.05) is 29.8 Å². The lowest BCUT2D eigenvalue weighted by molar-refractivity contribution is 0.261. The highest BCUT2D eigenvalue weighted by Crippen LogP contribution is 2.43. The molecule has 0 saturated carbocycles. The lowest BCUT2D eigenvalue weighted by atomic mass is 9.77. The van der Waals surface area contributed by atoms with Crippen molar-refractivity contribution in [3.63, 3.8) is 0 Å². The minimum Gasteiger partial charge on any atom is -0.492 e. The number of benzene rings is 2. The Morgan fingerprint density at radius 1 is 1.16 bits per heavy atom. The van der Waals surface area contributed by atoms with E-state index in [0.717, 1.165) is 23.7 Å². The largest absolute Gasteiger partial charge is 0.492 e. The van der Waals surface area contributed by atoms with Crippen LogP contribution >= 0.6 is 11.6 Å². The smallest absolute Gasteiger partial charge is 0.121 e. The molecule has 1 heterocycles. The molecule has 3 rings (SSSR count). The number of hydrogen-bond donors (Lipinski definition) is 1. The van der Waals surface area contributed by atoms with Gasteiger partial charge in [0.15, 0.2) is 0 Å². The van der Waals surface area contributed by atoms with E-state index in [1.54, 1.807) is 0 Å². The molecule has 0 bridgehead atoms. The fraction of sp³-hybridized carbons (Fsp3) is 0.429. The number of nitrogens with one attached hydrogen (secondary N) is 1. The summed E-state index contributed by atoms with van der Waals surface area (Å²) in [7, 11) is 4.11. The summed E-state index contributed by atoms with van der Waals surface area (Å²) < 4.78 is 5.91. The van der Waals surface area contributed by atoms with Crippen LogP contribution < -0.4 is 10.1 Å². The average Bonchev–Trinajstić information content (AvgIpc) is 2.53. The first-order valence-electron chi connectivity index (χ1n) is 8.79. The number of anilines is 1. The van der Waals surface area contributed by atoms with Crippen molar-refractivity contribution < 1.29 is 4.74 Å². The van der Waals surface area contributed by atoms with E-state index in [4.69, 9.17) is 16.3 Å². The standard InChI is InChI=1S/C21H27ClN2O/c1-21(2)14-19(15-5-7-16(22)8-6-15)18-10-9-17(13-20(18)23-21)25-12-11-24(3)4/h5-10,13,19,23H,11-12,14H2,1-4H3. The van der Waals surface area contributed by atoms with Crippen molar-refractivity contribution in [3.05, 3.63) is 58.6 Å². The molecule has 1 aliphatic rings. The minimum atomic E-state index is 0.0273. The molecule has 0 radical (unpaired) electrons. The lowest BCUT2D eigenvalue weighted by Crippen LogP contribution is -2.37. The predicted octanol–water partition coefficient (Wildman–Crippen LogP) is 5.01. The van der Waals surface area contributed by atoms with Gasteiger partial charge in [0.05, 0.1) is 0 Å². The van der Waals surface area contributed by atoms with Crippen LogP contribution in [-0.2, 0) is 0 Å². The van der Waals surface area contributed by atoms with Crippen LogP contribution in [0.3, 0.4) is 0 Å². The van der Waals surface area contributed by atoms with Crippen LogP contribution in [0.4, 0.5) is 5.69 Å². The minimum absolute atomic E-state index is 0.0273. The van der Waals surface area contributed by atoms with Crippen molar-refractivity contribution >= 4 is 17.3 Å². The average molecular weight is 359 g/mol. The van der Waals surface area contributed by atoms with E-state index in [-0.39, 0.29) is 5.54 Å². The van der Waals surface area contributed by atoms with E-state index >= 15 is 0 Å². The first-order valence-corrected chi connectivity index (χ1v) is 9.17. The molecule has 0 aliphatic carbocycles. The Morgan fingerprint density at radius 2 is 1.88 bits per heavy atom. The molecule has 1 aliphatic heterocycles. The van der Waals surface area contributed by atoms with E-state index in [2.05, 4.69) is 68.5 Å².